The molecule has 3 rings (SSSR count). The molecule has 19 heavy (non-hydrogen) atoms. The van der Waals surface area contributed by atoms with Crippen molar-refractivity contribution in [2.24, 2.45) is 0 Å². The van der Waals surface area contributed by atoms with Crippen molar-refractivity contribution < 1.29 is 13.2 Å². The molecule has 3 aromatic rings. The van der Waals surface area contributed by atoms with Crippen LogP contribution in [0.15, 0.2) is 42.0 Å². The highest BCUT2D eigenvalue weighted by Crippen LogP contribution is 2.34. The molecule has 0 unspecified atom stereocenters. The molecule has 0 saturated heterocycles. The van der Waals surface area contributed by atoms with Crippen LogP contribution in [0, 0.1) is 0 Å². The fourth-order valence-electron chi connectivity index (χ4n) is 1.84. The lowest BCUT2D eigenvalue weighted by Gasteiger charge is -2.08. The third kappa shape index (κ3) is 2.19. The van der Waals surface area contributed by atoms with E-state index in [2.05, 4.69) is 9.97 Å². The van der Waals surface area contributed by atoms with Crippen molar-refractivity contribution in [2.75, 3.05) is 0 Å². The van der Waals surface area contributed by atoms with Crippen molar-refractivity contribution in [3.8, 4) is 11.3 Å². The number of hydrogen-bond acceptors (Lipinski definition) is 3. The van der Waals surface area contributed by atoms with Gasteiger partial charge in [0.15, 0.2) is 0 Å². The number of hydrogen-bond donors (Lipinski definition) is 0. The second-order valence-electron chi connectivity index (χ2n) is 3.94. The molecule has 0 aliphatic rings. The molecule has 0 aliphatic carbocycles. The van der Waals surface area contributed by atoms with E-state index in [4.69, 9.17) is 0 Å². The zero-order valence-corrected chi connectivity index (χ0v) is 10.3. The highest BCUT2D eigenvalue weighted by molar-refractivity contribution is 7.17. The predicted molar refractivity (Wildman–Crippen MR) is 67.9 cm³/mol. The summed E-state index contributed by atoms with van der Waals surface area (Å²) < 4.78 is 38.9. The van der Waals surface area contributed by atoms with Crippen LogP contribution in [0.2, 0.25) is 0 Å². The van der Waals surface area contributed by atoms with Crippen LogP contribution in [-0.2, 0) is 6.18 Å². The van der Waals surface area contributed by atoms with E-state index in [0.717, 1.165) is 22.3 Å². The molecule has 6 heteroatoms. The first-order chi connectivity index (χ1) is 9.05. The largest absolute Gasteiger partial charge is 0.416 e. The highest BCUT2D eigenvalue weighted by Gasteiger charge is 2.30. The van der Waals surface area contributed by atoms with E-state index in [9.17, 15) is 13.2 Å². The van der Waals surface area contributed by atoms with E-state index < -0.39 is 11.7 Å². The minimum absolute atomic E-state index is 0.449. The summed E-state index contributed by atoms with van der Waals surface area (Å²) in [5.74, 6) is 0. The SMILES string of the molecule is FC(F)(F)c1cccc(-c2ncnc3ccsc23)c1. The van der Waals surface area contributed by atoms with Crippen LogP contribution >= 0.6 is 11.3 Å². The lowest BCUT2D eigenvalue weighted by Crippen LogP contribution is -2.04. The van der Waals surface area contributed by atoms with Crippen molar-refractivity contribution in [3.05, 3.63) is 47.6 Å². The quantitative estimate of drug-likeness (QED) is 0.661. The zero-order chi connectivity index (χ0) is 13.5. The Bertz CT molecular complexity index is 734. The van der Waals surface area contributed by atoms with Crippen LogP contribution in [0.4, 0.5) is 13.2 Å². The average Bonchev–Trinajstić information content (AvgIpc) is 2.86. The third-order valence-electron chi connectivity index (χ3n) is 2.71. The second-order valence-corrected chi connectivity index (χ2v) is 4.85. The first-order valence-corrected chi connectivity index (χ1v) is 6.29. The molecule has 2 nitrogen and oxygen atoms in total. The van der Waals surface area contributed by atoms with Crippen LogP contribution in [0.25, 0.3) is 21.5 Å². The fourth-order valence-corrected chi connectivity index (χ4v) is 2.69. The van der Waals surface area contributed by atoms with E-state index in [1.165, 1.54) is 23.7 Å². The van der Waals surface area contributed by atoms with Gasteiger partial charge in [-0.05, 0) is 23.6 Å². The lowest BCUT2D eigenvalue weighted by atomic mass is 10.1. The summed E-state index contributed by atoms with van der Waals surface area (Å²) in [6.07, 6.45) is -2.98. The van der Waals surface area contributed by atoms with Crippen molar-refractivity contribution >= 4 is 21.6 Å². The van der Waals surface area contributed by atoms with E-state index in [1.54, 1.807) is 6.07 Å². The minimum atomic E-state index is -4.35. The molecule has 2 aromatic heterocycles. The lowest BCUT2D eigenvalue weighted by molar-refractivity contribution is -0.137. The van der Waals surface area contributed by atoms with Gasteiger partial charge in [0, 0.05) is 5.56 Å². The smallest absolute Gasteiger partial charge is 0.235 e. The Morgan fingerprint density at radius 2 is 1.89 bits per heavy atom. The van der Waals surface area contributed by atoms with E-state index in [-0.39, 0.29) is 0 Å². The molecule has 0 atom stereocenters. The molecular weight excluding hydrogens is 273 g/mol. The van der Waals surface area contributed by atoms with Gasteiger partial charge in [-0.15, -0.1) is 11.3 Å². The first kappa shape index (κ1) is 12.1. The molecule has 0 radical (unpaired) electrons. The monoisotopic (exact) mass is 280 g/mol. The molecule has 96 valence electrons. The Morgan fingerprint density at radius 3 is 2.68 bits per heavy atom. The van der Waals surface area contributed by atoms with Gasteiger partial charge >= 0.3 is 6.18 Å². The zero-order valence-electron chi connectivity index (χ0n) is 9.48. The minimum Gasteiger partial charge on any atom is -0.235 e. The molecular formula is C13H7F3N2S. The highest BCUT2D eigenvalue weighted by atomic mass is 32.1. The van der Waals surface area contributed by atoms with Crippen molar-refractivity contribution in [3.63, 3.8) is 0 Å². The van der Waals surface area contributed by atoms with Crippen LogP contribution in [0.3, 0.4) is 0 Å². The normalized spacial score (nSPS) is 11.9. The Kier molecular flexibility index (Phi) is 2.74. The summed E-state index contributed by atoms with van der Waals surface area (Å²) >= 11 is 1.42. The van der Waals surface area contributed by atoms with Crippen LogP contribution in [0.5, 0.6) is 0 Å². The maximum Gasteiger partial charge on any atom is 0.416 e. The molecule has 0 N–H and O–H groups in total. The molecule has 0 saturated carbocycles. The first-order valence-electron chi connectivity index (χ1n) is 5.41. The standard InChI is InChI=1S/C13H7F3N2S/c14-13(15,16)9-3-1-2-8(6-9)11-12-10(4-5-19-12)17-7-18-11/h1-7H. The van der Waals surface area contributed by atoms with Gasteiger partial charge in [-0.25, -0.2) is 9.97 Å². The summed E-state index contributed by atoms with van der Waals surface area (Å²) in [6, 6.07) is 6.99. The van der Waals surface area contributed by atoms with Gasteiger partial charge in [-0.1, -0.05) is 12.1 Å². The van der Waals surface area contributed by atoms with E-state index in [1.807, 2.05) is 11.4 Å². The summed E-state index contributed by atoms with van der Waals surface area (Å²) in [4.78, 5) is 8.18. The summed E-state index contributed by atoms with van der Waals surface area (Å²) in [6.45, 7) is 0. The number of halogens is 3. The summed E-state index contributed by atoms with van der Waals surface area (Å²) in [5, 5.41) is 1.84. The Morgan fingerprint density at radius 1 is 1.05 bits per heavy atom. The molecule has 0 aliphatic heterocycles. The molecule has 2 heterocycles. The maximum absolute atomic E-state index is 12.7. The van der Waals surface area contributed by atoms with E-state index in [0.29, 0.717) is 11.3 Å². The van der Waals surface area contributed by atoms with Gasteiger partial charge in [0.1, 0.15) is 6.33 Å². The summed E-state index contributed by atoms with van der Waals surface area (Å²) in [7, 11) is 0. The Hall–Kier alpha value is -1.95. The van der Waals surface area contributed by atoms with Crippen molar-refractivity contribution in [2.45, 2.75) is 6.18 Å². The number of aromatic nitrogens is 2. The Balaban J connectivity index is 2.19. The number of benzene rings is 1. The van der Waals surface area contributed by atoms with E-state index >= 15 is 0 Å². The molecule has 0 fully saturated rings. The third-order valence-corrected chi connectivity index (χ3v) is 3.62. The topological polar surface area (TPSA) is 25.8 Å². The van der Waals surface area contributed by atoms with Crippen LogP contribution in [0.1, 0.15) is 5.56 Å². The number of rotatable bonds is 1. The van der Waals surface area contributed by atoms with Crippen LogP contribution in [-0.4, -0.2) is 9.97 Å². The maximum atomic E-state index is 12.7. The second kappa shape index (κ2) is 4.31. The van der Waals surface area contributed by atoms with Crippen molar-refractivity contribution in [1.82, 2.24) is 9.97 Å². The molecule has 0 amide bonds. The van der Waals surface area contributed by atoms with Gasteiger partial charge in [-0.2, -0.15) is 13.2 Å². The van der Waals surface area contributed by atoms with Gasteiger partial charge in [-0.3, -0.25) is 0 Å². The Labute approximate surface area is 110 Å². The molecule has 1 aromatic carbocycles. The number of fused-ring (bicyclic) bond motifs is 1. The number of nitrogens with zero attached hydrogens (tertiary/aromatic N) is 2. The number of alkyl halides is 3. The van der Waals surface area contributed by atoms with Gasteiger partial charge in [0.05, 0.1) is 21.5 Å². The number of thiophene rings is 1. The molecule has 0 bridgehead atoms. The average molecular weight is 280 g/mol. The van der Waals surface area contributed by atoms with Crippen molar-refractivity contribution in [1.29, 1.82) is 0 Å². The van der Waals surface area contributed by atoms with Gasteiger partial charge in [0.2, 0.25) is 0 Å². The predicted octanol–water partition coefficient (Wildman–Crippen LogP) is 4.38. The molecule has 0 spiro atoms. The van der Waals surface area contributed by atoms with Crippen LogP contribution < -0.4 is 0 Å². The summed E-state index contributed by atoms with van der Waals surface area (Å²) in [5.41, 5.74) is 1.05. The van der Waals surface area contributed by atoms with Gasteiger partial charge in [0.25, 0.3) is 0 Å². The van der Waals surface area contributed by atoms with Gasteiger partial charge < -0.3 is 0 Å². The fraction of sp³-hybridized carbons (Fsp3) is 0.0769.